The standard InChI is InChI=1S/C13H15BrN4O/c1-10(9-15)17-5-7-18(8-6-17)13(19)11-3-2-4-16-12(11)14/h2-4,10H,5-8H2,1H3. The minimum Gasteiger partial charge on any atom is -0.336 e. The van der Waals surface area contributed by atoms with E-state index in [0.29, 0.717) is 23.3 Å². The van der Waals surface area contributed by atoms with Crippen LogP contribution in [0.15, 0.2) is 22.9 Å². The number of aromatic nitrogens is 1. The molecule has 0 bridgehead atoms. The Morgan fingerprint density at radius 3 is 2.74 bits per heavy atom. The van der Waals surface area contributed by atoms with Gasteiger partial charge in [0.05, 0.1) is 17.7 Å². The maximum Gasteiger partial charge on any atom is 0.256 e. The van der Waals surface area contributed by atoms with Gasteiger partial charge in [-0.15, -0.1) is 0 Å². The van der Waals surface area contributed by atoms with Crippen molar-refractivity contribution in [3.63, 3.8) is 0 Å². The van der Waals surface area contributed by atoms with E-state index in [0.717, 1.165) is 13.1 Å². The van der Waals surface area contributed by atoms with Crippen LogP contribution in [-0.4, -0.2) is 52.9 Å². The van der Waals surface area contributed by atoms with Gasteiger partial charge < -0.3 is 4.90 Å². The molecule has 6 heteroatoms. The molecule has 5 nitrogen and oxygen atoms in total. The van der Waals surface area contributed by atoms with Crippen LogP contribution in [0, 0.1) is 11.3 Å². The highest BCUT2D eigenvalue weighted by Gasteiger charge is 2.25. The Labute approximate surface area is 121 Å². The van der Waals surface area contributed by atoms with E-state index in [1.165, 1.54) is 0 Å². The minimum absolute atomic E-state index is 0.00997. The predicted molar refractivity (Wildman–Crippen MR) is 74.5 cm³/mol. The predicted octanol–water partition coefficient (Wildman–Crippen LogP) is 1.51. The molecule has 1 atom stereocenters. The molecule has 0 radical (unpaired) electrons. The fourth-order valence-electron chi connectivity index (χ4n) is 2.11. The third-order valence-electron chi connectivity index (χ3n) is 3.33. The van der Waals surface area contributed by atoms with Crippen molar-refractivity contribution in [2.45, 2.75) is 13.0 Å². The largest absolute Gasteiger partial charge is 0.336 e. The number of amides is 1. The molecule has 1 amide bonds. The first-order valence-electron chi connectivity index (χ1n) is 6.17. The Morgan fingerprint density at radius 1 is 1.47 bits per heavy atom. The summed E-state index contributed by atoms with van der Waals surface area (Å²) in [7, 11) is 0. The first-order chi connectivity index (χ1) is 9.13. The molecule has 100 valence electrons. The van der Waals surface area contributed by atoms with Gasteiger partial charge >= 0.3 is 0 Å². The lowest BCUT2D eigenvalue weighted by Crippen LogP contribution is -2.51. The zero-order chi connectivity index (χ0) is 13.8. The summed E-state index contributed by atoms with van der Waals surface area (Å²) in [5, 5.41) is 8.89. The van der Waals surface area contributed by atoms with Crippen LogP contribution < -0.4 is 0 Å². The second kappa shape index (κ2) is 6.13. The van der Waals surface area contributed by atoms with Gasteiger partial charge in [-0.2, -0.15) is 5.26 Å². The molecular formula is C13H15BrN4O. The topological polar surface area (TPSA) is 60.2 Å². The molecule has 0 saturated carbocycles. The fraction of sp³-hybridized carbons (Fsp3) is 0.462. The molecule has 2 heterocycles. The molecule has 1 saturated heterocycles. The van der Waals surface area contributed by atoms with Crippen LogP contribution in [0.2, 0.25) is 0 Å². The fourth-order valence-corrected chi connectivity index (χ4v) is 2.53. The lowest BCUT2D eigenvalue weighted by molar-refractivity contribution is 0.0614. The molecule has 1 unspecified atom stereocenters. The molecule has 0 aliphatic carbocycles. The Kier molecular flexibility index (Phi) is 4.51. The van der Waals surface area contributed by atoms with Crippen molar-refractivity contribution in [2.75, 3.05) is 26.2 Å². The molecule has 1 aromatic rings. The number of carbonyl (C=O) groups is 1. The van der Waals surface area contributed by atoms with E-state index in [1.54, 1.807) is 18.3 Å². The van der Waals surface area contributed by atoms with Crippen molar-refractivity contribution in [1.82, 2.24) is 14.8 Å². The molecule has 0 aromatic carbocycles. The number of halogens is 1. The Bertz CT molecular complexity index is 506. The van der Waals surface area contributed by atoms with Crippen molar-refractivity contribution in [3.8, 4) is 6.07 Å². The molecule has 1 aliphatic heterocycles. The van der Waals surface area contributed by atoms with Crippen LogP contribution in [0.3, 0.4) is 0 Å². The van der Waals surface area contributed by atoms with Gasteiger partial charge in [-0.05, 0) is 35.0 Å². The van der Waals surface area contributed by atoms with Gasteiger partial charge in [0.15, 0.2) is 0 Å². The van der Waals surface area contributed by atoms with Crippen molar-refractivity contribution in [3.05, 3.63) is 28.5 Å². The van der Waals surface area contributed by atoms with Crippen molar-refractivity contribution in [2.24, 2.45) is 0 Å². The van der Waals surface area contributed by atoms with E-state index < -0.39 is 0 Å². The van der Waals surface area contributed by atoms with Crippen LogP contribution >= 0.6 is 15.9 Å². The first-order valence-corrected chi connectivity index (χ1v) is 6.96. The minimum atomic E-state index is -0.0950. The summed E-state index contributed by atoms with van der Waals surface area (Å²) in [6.07, 6.45) is 1.65. The lowest BCUT2D eigenvalue weighted by Gasteiger charge is -2.35. The first kappa shape index (κ1) is 14.0. The highest BCUT2D eigenvalue weighted by Crippen LogP contribution is 2.16. The quantitative estimate of drug-likeness (QED) is 0.774. The van der Waals surface area contributed by atoms with Gasteiger partial charge in [0.25, 0.3) is 5.91 Å². The number of hydrogen-bond donors (Lipinski definition) is 0. The second-order valence-electron chi connectivity index (χ2n) is 4.48. The molecule has 1 aromatic heterocycles. The SMILES string of the molecule is CC(C#N)N1CCN(C(=O)c2cccnc2Br)CC1. The van der Waals surface area contributed by atoms with Crippen molar-refractivity contribution < 1.29 is 4.79 Å². The highest BCUT2D eigenvalue weighted by atomic mass is 79.9. The van der Waals surface area contributed by atoms with Gasteiger partial charge in [0.2, 0.25) is 0 Å². The summed E-state index contributed by atoms with van der Waals surface area (Å²) >= 11 is 3.30. The van der Waals surface area contributed by atoms with E-state index in [4.69, 9.17) is 5.26 Å². The third-order valence-corrected chi connectivity index (χ3v) is 3.96. The van der Waals surface area contributed by atoms with E-state index >= 15 is 0 Å². The molecule has 19 heavy (non-hydrogen) atoms. The number of piperazine rings is 1. The van der Waals surface area contributed by atoms with Crippen LogP contribution in [0.1, 0.15) is 17.3 Å². The maximum absolute atomic E-state index is 12.3. The van der Waals surface area contributed by atoms with Crippen molar-refractivity contribution >= 4 is 21.8 Å². The van der Waals surface area contributed by atoms with Gasteiger partial charge in [0.1, 0.15) is 4.60 Å². The molecule has 1 aliphatic rings. The van der Waals surface area contributed by atoms with E-state index in [9.17, 15) is 4.79 Å². The van der Waals surface area contributed by atoms with Crippen LogP contribution in [0.25, 0.3) is 0 Å². The number of pyridine rings is 1. The van der Waals surface area contributed by atoms with Gasteiger partial charge in [-0.3, -0.25) is 9.69 Å². The summed E-state index contributed by atoms with van der Waals surface area (Å²) in [6.45, 7) is 4.64. The summed E-state index contributed by atoms with van der Waals surface area (Å²) in [6, 6.07) is 5.65. The number of nitriles is 1. The van der Waals surface area contributed by atoms with Crippen LogP contribution in [-0.2, 0) is 0 Å². The highest BCUT2D eigenvalue weighted by molar-refractivity contribution is 9.10. The zero-order valence-corrected chi connectivity index (χ0v) is 12.3. The van der Waals surface area contributed by atoms with Crippen LogP contribution in [0.5, 0.6) is 0 Å². The zero-order valence-electron chi connectivity index (χ0n) is 10.7. The summed E-state index contributed by atoms with van der Waals surface area (Å²) in [5.41, 5.74) is 0.587. The summed E-state index contributed by atoms with van der Waals surface area (Å²) < 4.78 is 0.577. The summed E-state index contributed by atoms with van der Waals surface area (Å²) in [4.78, 5) is 20.3. The smallest absolute Gasteiger partial charge is 0.256 e. The average molecular weight is 323 g/mol. The van der Waals surface area contributed by atoms with Gasteiger partial charge in [-0.25, -0.2) is 4.98 Å². The Balaban J connectivity index is 2.01. The number of rotatable bonds is 2. The lowest BCUT2D eigenvalue weighted by atomic mass is 10.2. The van der Waals surface area contributed by atoms with E-state index in [-0.39, 0.29) is 11.9 Å². The van der Waals surface area contributed by atoms with Gasteiger partial charge in [0, 0.05) is 32.4 Å². The Hall–Kier alpha value is -1.45. The third kappa shape index (κ3) is 3.11. The average Bonchev–Trinajstić information content (AvgIpc) is 2.46. The number of hydrogen-bond acceptors (Lipinski definition) is 4. The molecular weight excluding hydrogens is 308 g/mol. The molecule has 0 spiro atoms. The van der Waals surface area contributed by atoms with E-state index in [2.05, 4.69) is 31.9 Å². The number of carbonyl (C=O) groups excluding carboxylic acids is 1. The number of nitrogens with zero attached hydrogens (tertiary/aromatic N) is 4. The van der Waals surface area contributed by atoms with E-state index in [1.807, 2.05) is 11.8 Å². The monoisotopic (exact) mass is 322 g/mol. The van der Waals surface area contributed by atoms with Gasteiger partial charge in [-0.1, -0.05) is 0 Å². The molecule has 1 fully saturated rings. The second-order valence-corrected chi connectivity index (χ2v) is 5.23. The molecule has 2 rings (SSSR count). The van der Waals surface area contributed by atoms with Crippen LogP contribution in [0.4, 0.5) is 0 Å². The normalized spacial score (nSPS) is 17.8. The Morgan fingerprint density at radius 2 is 2.16 bits per heavy atom. The molecule has 0 N–H and O–H groups in total. The maximum atomic E-state index is 12.3. The van der Waals surface area contributed by atoms with Crippen molar-refractivity contribution in [1.29, 1.82) is 5.26 Å². The summed E-state index contributed by atoms with van der Waals surface area (Å²) in [5.74, 6) is -0.00997.